The molecular weight excluding hydrogens is 327 g/mol. The van der Waals surface area contributed by atoms with Crippen LogP contribution in [0, 0.1) is 6.07 Å². The van der Waals surface area contributed by atoms with Gasteiger partial charge in [-0.05, 0) is 47.9 Å². The summed E-state index contributed by atoms with van der Waals surface area (Å²) in [6.45, 7) is 0.515. The second kappa shape index (κ2) is 5.65. The Morgan fingerprint density at radius 1 is 1.04 bits per heavy atom. The van der Waals surface area contributed by atoms with Crippen molar-refractivity contribution >= 4 is 10.0 Å². The molecule has 0 N–H and O–H groups in total. The Bertz CT molecular complexity index is 814. The third-order valence-electron chi connectivity index (χ3n) is 3.85. The number of hydrogen-bond donors (Lipinski definition) is 0. The van der Waals surface area contributed by atoms with Crippen LogP contribution in [0.3, 0.4) is 0 Å². The zero-order valence-electron chi connectivity index (χ0n) is 12.0. The van der Waals surface area contributed by atoms with Crippen LogP contribution >= 0.6 is 0 Å². The average molecular weight is 340 g/mol. The molecule has 2 aromatic rings. The monoisotopic (exact) mass is 340 g/mol. The molecule has 1 aliphatic heterocycles. The van der Waals surface area contributed by atoms with Gasteiger partial charge in [0.05, 0.1) is 10.5 Å². The largest absolute Gasteiger partial charge is 0.416 e. The van der Waals surface area contributed by atoms with Crippen molar-refractivity contribution in [2.24, 2.45) is 0 Å². The van der Waals surface area contributed by atoms with Crippen LogP contribution in [0.4, 0.5) is 13.2 Å². The molecule has 7 heteroatoms. The number of fused-ring (bicyclic) bond motifs is 1. The Labute approximate surface area is 132 Å². The van der Waals surface area contributed by atoms with E-state index in [9.17, 15) is 21.6 Å². The highest BCUT2D eigenvalue weighted by Crippen LogP contribution is 2.31. The maximum Gasteiger partial charge on any atom is 0.416 e. The molecule has 1 aliphatic rings. The van der Waals surface area contributed by atoms with Crippen molar-refractivity contribution in [3.05, 3.63) is 65.2 Å². The van der Waals surface area contributed by atoms with Crippen LogP contribution < -0.4 is 0 Å². The van der Waals surface area contributed by atoms with Crippen LogP contribution in [-0.4, -0.2) is 19.3 Å². The average Bonchev–Trinajstić information content (AvgIpc) is 2.53. The summed E-state index contributed by atoms with van der Waals surface area (Å²) in [7, 11) is -3.81. The highest BCUT2D eigenvalue weighted by atomic mass is 32.2. The maximum absolute atomic E-state index is 12.6. The van der Waals surface area contributed by atoms with Gasteiger partial charge >= 0.3 is 6.18 Å². The van der Waals surface area contributed by atoms with E-state index < -0.39 is 21.8 Å². The molecule has 0 bridgehead atoms. The van der Waals surface area contributed by atoms with E-state index in [0.29, 0.717) is 13.0 Å². The van der Waals surface area contributed by atoms with Crippen LogP contribution in [-0.2, 0) is 29.2 Å². The highest BCUT2D eigenvalue weighted by molar-refractivity contribution is 7.89. The van der Waals surface area contributed by atoms with Gasteiger partial charge in [-0.15, -0.1) is 0 Å². The molecule has 0 aromatic heterocycles. The molecule has 3 nitrogen and oxygen atoms in total. The van der Waals surface area contributed by atoms with Crippen molar-refractivity contribution in [3.63, 3.8) is 0 Å². The van der Waals surface area contributed by atoms with Crippen LogP contribution in [0.2, 0.25) is 0 Å². The van der Waals surface area contributed by atoms with E-state index in [1.54, 1.807) is 6.07 Å². The Morgan fingerprint density at radius 2 is 1.74 bits per heavy atom. The molecule has 3 rings (SSSR count). The smallest absolute Gasteiger partial charge is 0.207 e. The van der Waals surface area contributed by atoms with Gasteiger partial charge in [0.1, 0.15) is 0 Å². The number of nitrogens with zero attached hydrogens (tertiary/aromatic N) is 1. The fourth-order valence-electron chi connectivity index (χ4n) is 2.57. The Hall–Kier alpha value is -1.86. The molecule has 0 saturated carbocycles. The van der Waals surface area contributed by atoms with Crippen molar-refractivity contribution in [3.8, 4) is 0 Å². The summed E-state index contributed by atoms with van der Waals surface area (Å²) in [6.07, 6.45) is -3.92. The molecule has 0 amide bonds. The van der Waals surface area contributed by atoms with Crippen molar-refractivity contribution in [2.75, 3.05) is 6.54 Å². The number of sulfonamides is 1. The predicted molar refractivity (Wildman–Crippen MR) is 78.0 cm³/mol. The first kappa shape index (κ1) is 16.0. The lowest BCUT2D eigenvalue weighted by atomic mass is 10.0. The van der Waals surface area contributed by atoms with Gasteiger partial charge in [0.25, 0.3) is 0 Å². The summed E-state index contributed by atoms with van der Waals surface area (Å²) in [4.78, 5) is -0.128. The van der Waals surface area contributed by atoms with Gasteiger partial charge in [0.2, 0.25) is 10.0 Å². The van der Waals surface area contributed by atoms with E-state index in [-0.39, 0.29) is 11.4 Å². The zero-order chi connectivity index (χ0) is 16.7. The topological polar surface area (TPSA) is 37.4 Å². The van der Waals surface area contributed by atoms with E-state index >= 15 is 0 Å². The van der Waals surface area contributed by atoms with E-state index in [0.717, 1.165) is 35.4 Å². The normalized spacial score (nSPS) is 16.1. The van der Waals surface area contributed by atoms with E-state index in [1.807, 2.05) is 12.1 Å². The highest BCUT2D eigenvalue weighted by Gasteiger charge is 2.32. The summed E-state index contributed by atoms with van der Waals surface area (Å²) in [5.41, 5.74) is 1.08. The lowest BCUT2D eigenvalue weighted by Gasteiger charge is -2.28. The Kier molecular flexibility index (Phi) is 3.93. The number of halogens is 3. The molecule has 0 saturated heterocycles. The number of alkyl halides is 3. The van der Waals surface area contributed by atoms with Gasteiger partial charge in [0.15, 0.2) is 0 Å². The van der Waals surface area contributed by atoms with Gasteiger partial charge in [-0.1, -0.05) is 18.2 Å². The van der Waals surface area contributed by atoms with E-state index in [4.69, 9.17) is 0 Å². The molecule has 0 atom stereocenters. The van der Waals surface area contributed by atoms with Crippen molar-refractivity contribution in [2.45, 2.75) is 24.0 Å². The van der Waals surface area contributed by atoms with Gasteiger partial charge in [-0.3, -0.25) is 0 Å². The lowest BCUT2D eigenvalue weighted by Crippen LogP contribution is -2.35. The van der Waals surface area contributed by atoms with Crippen molar-refractivity contribution in [1.29, 1.82) is 0 Å². The second-order valence-electron chi connectivity index (χ2n) is 5.31. The summed E-state index contributed by atoms with van der Waals surface area (Å²) >= 11 is 0. The molecular formula is C16H13F3NO2S. The fourth-order valence-corrected chi connectivity index (χ4v) is 3.99. The van der Waals surface area contributed by atoms with Crippen LogP contribution in [0.5, 0.6) is 0 Å². The van der Waals surface area contributed by atoms with Crippen LogP contribution in [0.1, 0.15) is 16.7 Å². The van der Waals surface area contributed by atoms with Crippen LogP contribution in [0.15, 0.2) is 47.4 Å². The predicted octanol–water partition coefficient (Wildman–Crippen LogP) is 3.25. The minimum Gasteiger partial charge on any atom is -0.207 e. The summed E-state index contributed by atoms with van der Waals surface area (Å²) < 4.78 is 64.2. The molecule has 121 valence electrons. The summed E-state index contributed by atoms with van der Waals surface area (Å²) in [5.74, 6) is 0. The molecule has 0 spiro atoms. The molecule has 0 unspecified atom stereocenters. The lowest BCUT2D eigenvalue weighted by molar-refractivity contribution is -0.137. The Morgan fingerprint density at radius 3 is 2.39 bits per heavy atom. The molecule has 2 aromatic carbocycles. The first-order valence-electron chi connectivity index (χ1n) is 6.94. The number of rotatable bonds is 2. The number of hydrogen-bond acceptors (Lipinski definition) is 2. The third kappa shape index (κ3) is 3.11. The SMILES string of the molecule is O=S(=O)(c1ccc(C(F)(F)F)cc1)N1CCc2c[c]ccc2C1. The van der Waals surface area contributed by atoms with Crippen LogP contribution in [0.25, 0.3) is 0 Å². The van der Waals surface area contributed by atoms with Gasteiger partial charge in [-0.25, -0.2) is 8.42 Å². The molecule has 1 heterocycles. The van der Waals surface area contributed by atoms with E-state index in [1.165, 1.54) is 4.31 Å². The Balaban J connectivity index is 1.88. The zero-order valence-corrected chi connectivity index (χ0v) is 12.8. The summed E-state index contributed by atoms with van der Waals surface area (Å²) in [5, 5.41) is 0. The van der Waals surface area contributed by atoms with Gasteiger partial charge in [-0.2, -0.15) is 17.5 Å². The molecule has 0 fully saturated rings. The fraction of sp³-hybridized carbons (Fsp3) is 0.250. The van der Waals surface area contributed by atoms with Gasteiger partial charge in [0, 0.05) is 13.1 Å². The second-order valence-corrected chi connectivity index (χ2v) is 7.24. The van der Waals surface area contributed by atoms with Crippen molar-refractivity contribution in [1.82, 2.24) is 4.31 Å². The molecule has 1 radical (unpaired) electrons. The third-order valence-corrected chi connectivity index (χ3v) is 5.71. The number of benzene rings is 2. The molecule has 23 heavy (non-hydrogen) atoms. The quantitative estimate of drug-likeness (QED) is 0.842. The molecule has 0 aliphatic carbocycles. The first-order valence-corrected chi connectivity index (χ1v) is 8.38. The minimum atomic E-state index is -4.48. The van der Waals surface area contributed by atoms with E-state index in [2.05, 4.69) is 6.07 Å². The minimum absolute atomic E-state index is 0.128. The van der Waals surface area contributed by atoms with Gasteiger partial charge < -0.3 is 0 Å². The summed E-state index contributed by atoms with van der Waals surface area (Å²) in [6, 6.07) is 11.9. The first-order chi connectivity index (χ1) is 10.8. The van der Waals surface area contributed by atoms with Crippen molar-refractivity contribution < 1.29 is 21.6 Å². The maximum atomic E-state index is 12.6. The standard InChI is InChI=1S/C16H13F3NO2S/c17-16(18,19)14-5-7-15(8-6-14)23(21,22)20-10-9-12-3-1-2-4-13(12)11-20/h2-8H,9-11H2.